The third-order valence-electron chi connectivity index (χ3n) is 2.11. The third kappa shape index (κ3) is 3.46. The molecule has 0 saturated carbocycles. The molecule has 1 rings (SSSR count). The maximum atomic E-state index is 12.6. The fourth-order valence-corrected chi connectivity index (χ4v) is 1.19. The maximum absolute atomic E-state index is 12.6. The minimum absolute atomic E-state index is 0.148. The summed E-state index contributed by atoms with van der Waals surface area (Å²) < 4.78 is 58.1. The molecule has 102 valence electrons. The second kappa shape index (κ2) is 5.85. The average molecular weight is 269 g/mol. The first-order valence-electron chi connectivity index (χ1n) is 4.90. The lowest BCUT2D eigenvalue weighted by molar-refractivity contribution is -0.125. The highest BCUT2D eigenvalue weighted by Crippen LogP contribution is 2.21. The number of esters is 1. The predicted octanol–water partition coefficient (Wildman–Crippen LogP) is 2.06. The van der Waals surface area contributed by atoms with Gasteiger partial charge in [-0.25, -0.2) is 13.6 Å². The minimum atomic E-state index is -4.12. The van der Waals surface area contributed by atoms with Gasteiger partial charge in [-0.1, -0.05) is 0 Å². The van der Waals surface area contributed by atoms with E-state index in [0.717, 1.165) is 7.11 Å². The van der Waals surface area contributed by atoms with Crippen LogP contribution < -0.4 is 5.32 Å². The zero-order valence-corrected chi connectivity index (χ0v) is 9.38. The van der Waals surface area contributed by atoms with Crippen molar-refractivity contribution in [2.24, 2.45) is 0 Å². The van der Waals surface area contributed by atoms with Gasteiger partial charge in [0.2, 0.25) is 5.76 Å². The Hall–Kier alpha value is -1.57. The van der Waals surface area contributed by atoms with Gasteiger partial charge in [0.15, 0.2) is 0 Å². The van der Waals surface area contributed by atoms with Crippen LogP contribution in [0.3, 0.4) is 0 Å². The molecule has 0 aliphatic rings. The van der Waals surface area contributed by atoms with Gasteiger partial charge in [-0.2, -0.15) is 8.78 Å². The van der Waals surface area contributed by atoms with Gasteiger partial charge >= 0.3 is 18.3 Å². The van der Waals surface area contributed by atoms with E-state index >= 15 is 0 Å². The molecule has 0 bridgehead atoms. The number of carbonyl (C=O) groups is 1. The number of halogens is 4. The van der Waals surface area contributed by atoms with E-state index in [9.17, 15) is 22.4 Å². The van der Waals surface area contributed by atoms with Crippen LogP contribution in [-0.4, -0.2) is 32.0 Å². The molecule has 0 aliphatic carbocycles. The quantitative estimate of drug-likeness (QED) is 0.634. The standard InChI is InChI=1S/C10H11F4NO3/c1-17-8(16)7-6(2-3-18-7)4-15-5-10(13,14)9(11)12/h2-3,9,15H,4-5H2,1H3. The summed E-state index contributed by atoms with van der Waals surface area (Å²) in [6.45, 7) is -1.40. The Morgan fingerprint density at radius 2 is 2.22 bits per heavy atom. The van der Waals surface area contributed by atoms with Crippen molar-refractivity contribution < 1.29 is 31.5 Å². The monoisotopic (exact) mass is 269 g/mol. The van der Waals surface area contributed by atoms with Crippen molar-refractivity contribution in [3.05, 3.63) is 23.7 Å². The molecule has 0 aromatic carbocycles. The Balaban J connectivity index is 2.55. The molecule has 0 atom stereocenters. The second-order valence-electron chi connectivity index (χ2n) is 3.43. The number of hydrogen-bond acceptors (Lipinski definition) is 4. The molecule has 0 amide bonds. The highest BCUT2D eigenvalue weighted by molar-refractivity contribution is 5.87. The number of rotatable bonds is 6. The van der Waals surface area contributed by atoms with E-state index in [4.69, 9.17) is 4.42 Å². The van der Waals surface area contributed by atoms with Gasteiger partial charge in [0, 0.05) is 12.1 Å². The number of nitrogens with one attached hydrogen (secondary N) is 1. The molecule has 1 N–H and O–H groups in total. The van der Waals surface area contributed by atoms with E-state index in [0.29, 0.717) is 0 Å². The molecule has 0 aliphatic heterocycles. The zero-order valence-electron chi connectivity index (χ0n) is 9.38. The highest BCUT2D eigenvalue weighted by atomic mass is 19.3. The van der Waals surface area contributed by atoms with Crippen LogP contribution in [0.2, 0.25) is 0 Å². The molecule has 0 fully saturated rings. The van der Waals surface area contributed by atoms with E-state index < -0.39 is 24.9 Å². The van der Waals surface area contributed by atoms with E-state index in [2.05, 4.69) is 10.1 Å². The molecular formula is C10H11F4NO3. The molecule has 1 aromatic rings. The van der Waals surface area contributed by atoms with E-state index in [-0.39, 0.29) is 17.9 Å². The second-order valence-corrected chi connectivity index (χ2v) is 3.43. The number of hydrogen-bond donors (Lipinski definition) is 1. The van der Waals surface area contributed by atoms with Gasteiger partial charge in [0.05, 0.1) is 19.9 Å². The summed E-state index contributed by atoms with van der Waals surface area (Å²) in [6, 6.07) is 1.36. The van der Waals surface area contributed by atoms with Crippen LogP contribution in [0.15, 0.2) is 16.7 Å². The van der Waals surface area contributed by atoms with Crippen molar-refractivity contribution in [1.29, 1.82) is 0 Å². The lowest BCUT2D eigenvalue weighted by Gasteiger charge is -2.15. The van der Waals surface area contributed by atoms with Crippen LogP contribution in [0.1, 0.15) is 16.1 Å². The average Bonchev–Trinajstić information content (AvgIpc) is 2.76. The molecule has 4 nitrogen and oxygen atoms in total. The van der Waals surface area contributed by atoms with Gasteiger partial charge in [0.25, 0.3) is 0 Å². The van der Waals surface area contributed by atoms with Gasteiger partial charge in [-0.15, -0.1) is 0 Å². The van der Waals surface area contributed by atoms with Crippen LogP contribution in [-0.2, 0) is 11.3 Å². The Labute approximate surface area is 99.9 Å². The number of furan rings is 1. The van der Waals surface area contributed by atoms with Gasteiger partial charge in [-0.3, -0.25) is 0 Å². The number of methoxy groups -OCH3 is 1. The predicted molar refractivity (Wildman–Crippen MR) is 52.7 cm³/mol. The Bertz CT molecular complexity index is 406. The third-order valence-corrected chi connectivity index (χ3v) is 2.11. The van der Waals surface area contributed by atoms with Crippen molar-refractivity contribution in [2.45, 2.75) is 18.9 Å². The molecule has 0 saturated heterocycles. The van der Waals surface area contributed by atoms with Crippen molar-refractivity contribution in [3.63, 3.8) is 0 Å². The van der Waals surface area contributed by atoms with Crippen molar-refractivity contribution in [3.8, 4) is 0 Å². The number of ether oxygens (including phenoxy) is 1. The summed E-state index contributed by atoms with van der Waals surface area (Å²) in [4.78, 5) is 11.2. The smallest absolute Gasteiger partial charge is 0.374 e. The summed E-state index contributed by atoms with van der Waals surface area (Å²) in [5.74, 6) is -5.03. The Kier molecular flexibility index (Phi) is 4.71. The van der Waals surface area contributed by atoms with Crippen molar-refractivity contribution in [1.82, 2.24) is 5.32 Å². The summed E-state index contributed by atoms with van der Waals surface area (Å²) in [5.41, 5.74) is 0.256. The summed E-state index contributed by atoms with van der Waals surface area (Å²) in [6.07, 6.45) is -2.57. The SMILES string of the molecule is COC(=O)c1occc1CNCC(F)(F)C(F)F. The Morgan fingerprint density at radius 1 is 1.56 bits per heavy atom. The first kappa shape index (κ1) is 14.5. The number of alkyl halides is 4. The number of carbonyl (C=O) groups excluding carboxylic acids is 1. The summed E-state index contributed by atoms with van der Waals surface area (Å²) in [5, 5.41) is 2.13. The molecule has 0 radical (unpaired) electrons. The molecular weight excluding hydrogens is 258 g/mol. The highest BCUT2D eigenvalue weighted by Gasteiger charge is 2.40. The van der Waals surface area contributed by atoms with E-state index in [1.54, 1.807) is 0 Å². The molecule has 0 unspecified atom stereocenters. The van der Waals surface area contributed by atoms with Crippen LogP contribution in [0.25, 0.3) is 0 Å². The van der Waals surface area contributed by atoms with Crippen LogP contribution in [0.5, 0.6) is 0 Å². The van der Waals surface area contributed by atoms with Crippen LogP contribution >= 0.6 is 0 Å². The Morgan fingerprint density at radius 3 is 2.78 bits per heavy atom. The fraction of sp³-hybridized carbons (Fsp3) is 0.500. The van der Waals surface area contributed by atoms with E-state index in [1.807, 2.05) is 0 Å². The lowest BCUT2D eigenvalue weighted by Crippen LogP contribution is -2.38. The first-order valence-corrected chi connectivity index (χ1v) is 4.90. The van der Waals surface area contributed by atoms with E-state index in [1.165, 1.54) is 12.3 Å². The van der Waals surface area contributed by atoms with Crippen molar-refractivity contribution >= 4 is 5.97 Å². The molecule has 8 heteroatoms. The van der Waals surface area contributed by atoms with Crippen LogP contribution in [0, 0.1) is 0 Å². The molecule has 0 spiro atoms. The molecule has 18 heavy (non-hydrogen) atoms. The first-order chi connectivity index (χ1) is 8.38. The lowest BCUT2D eigenvalue weighted by atomic mass is 10.2. The normalized spacial score (nSPS) is 11.9. The van der Waals surface area contributed by atoms with Crippen molar-refractivity contribution in [2.75, 3.05) is 13.7 Å². The topological polar surface area (TPSA) is 51.5 Å². The van der Waals surface area contributed by atoms with Gasteiger partial charge < -0.3 is 14.5 Å². The van der Waals surface area contributed by atoms with Gasteiger partial charge in [-0.05, 0) is 6.07 Å². The van der Waals surface area contributed by atoms with Gasteiger partial charge in [0.1, 0.15) is 0 Å². The van der Waals surface area contributed by atoms with Crippen LogP contribution in [0.4, 0.5) is 17.6 Å². The summed E-state index contributed by atoms with van der Waals surface area (Å²) in [7, 11) is 1.13. The fourth-order valence-electron chi connectivity index (χ4n) is 1.19. The summed E-state index contributed by atoms with van der Waals surface area (Å²) >= 11 is 0. The largest absolute Gasteiger partial charge is 0.463 e. The minimum Gasteiger partial charge on any atom is -0.463 e. The maximum Gasteiger partial charge on any atom is 0.374 e. The molecule has 1 aromatic heterocycles. The molecule has 1 heterocycles. The zero-order chi connectivity index (χ0) is 13.8.